The molecule has 1 aromatic rings. The summed E-state index contributed by atoms with van der Waals surface area (Å²) >= 11 is 0. The molecule has 1 saturated heterocycles. The molecule has 0 spiro atoms. The van der Waals surface area contributed by atoms with Crippen molar-refractivity contribution in [2.45, 2.75) is 13.3 Å². The Hall–Kier alpha value is -1.55. The first-order valence-electron chi connectivity index (χ1n) is 6.02. The first-order chi connectivity index (χ1) is 8.31. The van der Waals surface area contributed by atoms with Gasteiger partial charge in [-0.05, 0) is 25.5 Å². The molecule has 4 heteroatoms. The van der Waals surface area contributed by atoms with Gasteiger partial charge in [0, 0.05) is 13.2 Å². The van der Waals surface area contributed by atoms with E-state index in [0.29, 0.717) is 13.2 Å². The Morgan fingerprint density at radius 1 is 1.41 bits per heavy atom. The summed E-state index contributed by atoms with van der Waals surface area (Å²) in [5.74, 6) is 0.0310. The van der Waals surface area contributed by atoms with E-state index in [2.05, 4.69) is 5.43 Å². The van der Waals surface area contributed by atoms with Gasteiger partial charge in [-0.15, -0.1) is 0 Å². The smallest absolute Gasteiger partial charge is 0.244 e. The fourth-order valence-electron chi connectivity index (χ4n) is 1.92. The lowest BCUT2D eigenvalue weighted by molar-refractivity contribution is -0.128. The Kier molecular flexibility index (Phi) is 3.98. The van der Waals surface area contributed by atoms with E-state index in [1.807, 2.05) is 42.3 Å². The van der Waals surface area contributed by atoms with Crippen molar-refractivity contribution < 1.29 is 9.53 Å². The van der Waals surface area contributed by atoms with Crippen LogP contribution >= 0.6 is 0 Å². The summed E-state index contributed by atoms with van der Waals surface area (Å²) in [6, 6.07) is 9.88. The number of hydrogen-bond acceptors (Lipinski definition) is 3. The number of nitrogens with zero attached hydrogens (tertiary/aromatic N) is 1. The van der Waals surface area contributed by atoms with E-state index in [1.165, 1.54) is 0 Å². The van der Waals surface area contributed by atoms with E-state index in [9.17, 15) is 4.79 Å². The van der Waals surface area contributed by atoms with Crippen molar-refractivity contribution in [3.63, 3.8) is 0 Å². The van der Waals surface area contributed by atoms with Crippen molar-refractivity contribution in [1.29, 1.82) is 0 Å². The van der Waals surface area contributed by atoms with Gasteiger partial charge < -0.3 is 4.74 Å². The number of para-hydroxylation sites is 1. The molecule has 4 nitrogen and oxygen atoms in total. The number of benzene rings is 1. The number of nitrogens with one attached hydrogen (secondary N) is 1. The van der Waals surface area contributed by atoms with Gasteiger partial charge in [0.25, 0.3) is 0 Å². The Labute approximate surface area is 102 Å². The molecular weight excluding hydrogens is 216 g/mol. The average Bonchev–Trinajstić information content (AvgIpc) is 2.38. The molecule has 1 N–H and O–H groups in total. The second kappa shape index (κ2) is 5.68. The van der Waals surface area contributed by atoms with E-state index in [-0.39, 0.29) is 11.8 Å². The fourth-order valence-corrected chi connectivity index (χ4v) is 1.92. The lowest BCUT2D eigenvalue weighted by Crippen LogP contribution is -2.52. The number of anilines is 1. The second-order valence-electron chi connectivity index (χ2n) is 4.11. The predicted molar refractivity (Wildman–Crippen MR) is 66.5 cm³/mol. The minimum absolute atomic E-state index is 0.0186. The lowest BCUT2D eigenvalue weighted by atomic mass is 10.0. The summed E-state index contributed by atoms with van der Waals surface area (Å²) in [6.07, 6.45) is 0.834. The van der Waals surface area contributed by atoms with Gasteiger partial charge in [-0.2, -0.15) is 0 Å². The SMILES string of the molecule is CCOCC1CCN(c2ccccc2)NC1=O. The van der Waals surface area contributed by atoms with Gasteiger partial charge >= 0.3 is 0 Å². The van der Waals surface area contributed by atoms with Crippen LogP contribution in [-0.4, -0.2) is 25.7 Å². The van der Waals surface area contributed by atoms with Crippen LogP contribution in [0, 0.1) is 5.92 Å². The Morgan fingerprint density at radius 2 is 2.18 bits per heavy atom. The summed E-state index contributed by atoms with van der Waals surface area (Å²) in [7, 11) is 0. The molecule has 1 aliphatic rings. The highest BCUT2D eigenvalue weighted by Crippen LogP contribution is 2.18. The third kappa shape index (κ3) is 2.97. The minimum atomic E-state index is -0.0186. The summed E-state index contributed by atoms with van der Waals surface area (Å²) in [5, 5.41) is 1.89. The summed E-state index contributed by atoms with van der Waals surface area (Å²) in [4.78, 5) is 11.9. The van der Waals surface area contributed by atoms with Crippen LogP contribution in [0.4, 0.5) is 5.69 Å². The lowest BCUT2D eigenvalue weighted by Gasteiger charge is -2.33. The summed E-state index contributed by atoms with van der Waals surface area (Å²) in [6.45, 7) is 3.95. The molecule has 1 heterocycles. The van der Waals surface area contributed by atoms with E-state index in [0.717, 1.165) is 18.7 Å². The number of carbonyl (C=O) groups excluding carboxylic acids is 1. The molecule has 1 amide bonds. The van der Waals surface area contributed by atoms with Crippen molar-refractivity contribution in [1.82, 2.24) is 5.43 Å². The van der Waals surface area contributed by atoms with Crippen molar-refractivity contribution >= 4 is 11.6 Å². The van der Waals surface area contributed by atoms with Crippen LogP contribution in [-0.2, 0) is 9.53 Å². The predicted octanol–water partition coefficient (Wildman–Crippen LogP) is 1.58. The topological polar surface area (TPSA) is 41.6 Å². The molecule has 1 aromatic carbocycles. The molecule has 92 valence electrons. The molecule has 0 aromatic heterocycles. The van der Waals surface area contributed by atoms with Gasteiger partial charge in [0.2, 0.25) is 5.91 Å². The van der Waals surface area contributed by atoms with E-state index in [4.69, 9.17) is 4.74 Å². The quantitative estimate of drug-likeness (QED) is 0.860. The van der Waals surface area contributed by atoms with Gasteiger partial charge in [0.1, 0.15) is 0 Å². The number of ether oxygens (including phenoxy) is 1. The average molecular weight is 234 g/mol. The first kappa shape index (κ1) is 11.9. The molecule has 0 saturated carbocycles. The van der Waals surface area contributed by atoms with E-state index < -0.39 is 0 Å². The molecule has 1 aliphatic heterocycles. The Bertz CT molecular complexity index is 367. The van der Waals surface area contributed by atoms with Gasteiger partial charge in [-0.3, -0.25) is 15.2 Å². The molecule has 0 radical (unpaired) electrons. The number of hydrazine groups is 1. The maximum Gasteiger partial charge on any atom is 0.244 e. The van der Waals surface area contributed by atoms with Crippen molar-refractivity contribution in [3.05, 3.63) is 30.3 Å². The highest BCUT2D eigenvalue weighted by molar-refractivity contribution is 5.81. The molecule has 1 unspecified atom stereocenters. The van der Waals surface area contributed by atoms with Crippen molar-refractivity contribution in [3.8, 4) is 0 Å². The van der Waals surface area contributed by atoms with Crippen molar-refractivity contribution in [2.75, 3.05) is 24.8 Å². The molecule has 2 rings (SSSR count). The van der Waals surface area contributed by atoms with Crippen LogP contribution in [0.5, 0.6) is 0 Å². The Balaban J connectivity index is 1.93. The largest absolute Gasteiger partial charge is 0.381 e. The third-order valence-corrected chi connectivity index (χ3v) is 2.91. The maximum absolute atomic E-state index is 11.9. The highest BCUT2D eigenvalue weighted by Gasteiger charge is 2.26. The molecule has 0 aliphatic carbocycles. The van der Waals surface area contributed by atoms with Crippen LogP contribution in [0.15, 0.2) is 30.3 Å². The zero-order valence-corrected chi connectivity index (χ0v) is 10.1. The van der Waals surface area contributed by atoms with Gasteiger partial charge in [0.05, 0.1) is 18.2 Å². The molecule has 0 bridgehead atoms. The van der Waals surface area contributed by atoms with Crippen LogP contribution in [0.1, 0.15) is 13.3 Å². The molecule has 1 fully saturated rings. The number of rotatable bonds is 4. The number of hydrogen-bond donors (Lipinski definition) is 1. The zero-order chi connectivity index (χ0) is 12.1. The van der Waals surface area contributed by atoms with Gasteiger partial charge in [-0.1, -0.05) is 18.2 Å². The minimum Gasteiger partial charge on any atom is -0.381 e. The Morgan fingerprint density at radius 3 is 2.82 bits per heavy atom. The van der Waals surface area contributed by atoms with Gasteiger partial charge in [-0.25, -0.2) is 0 Å². The van der Waals surface area contributed by atoms with E-state index >= 15 is 0 Å². The van der Waals surface area contributed by atoms with E-state index in [1.54, 1.807) is 0 Å². The standard InChI is InChI=1S/C13H18N2O2/c1-2-17-10-11-8-9-15(14-13(11)16)12-6-4-3-5-7-12/h3-7,11H,2,8-10H2,1H3,(H,14,16). The van der Waals surface area contributed by atoms with Crippen LogP contribution < -0.4 is 10.4 Å². The van der Waals surface area contributed by atoms with Crippen molar-refractivity contribution in [2.24, 2.45) is 5.92 Å². The van der Waals surface area contributed by atoms with Gasteiger partial charge in [0.15, 0.2) is 0 Å². The normalized spacial score (nSPS) is 20.2. The molecular formula is C13H18N2O2. The monoisotopic (exact) mass is 234 g/mol. The van der Waals surface area contributed by atoms with Crippen LogP contribution in [0.3, 0.4) is 0 Å². The molecule has 1 atom stereocenters. The number of carbonyl (C=O) groups is 1. The summed E-state index contributed by atoms with van der Waals surface area (Å²) < 4.78 is 5.30. The number of amides is 1. The fraction of sp³-hybridized carbons (Fsp3) is 0.462. The second-order valence-corrected chi connectivity index (χ2v) is 4.11. The van der Waals surface area contributed by atoms with Crippen LogP contribution in [0.25, 0.3) is 0 Å². The third-order valence-electron chi connectivity index (χ3n) is 2.91. The zero-order valence-electron chi connectivity index (χ0n) is 10.1. The molecule has 17 heavy (non-hydrogen) atoms. The van der Waals surface area contributed by atoms with Crippen LogP contribution in [0.2, 0.25) is 0 Å². The maximum atomic E-state index is 11.9. The summed E-state index contributed by atoms with van der Waals surface area (Å²) in [5.41, 5.74) is 3.93. The highest BCUT2D eigenvalue weighted by atomic mass is 16.5. The first-order valence-corrected chi connectivity index (χ1v) is 6.02.